The summed E-state index contributed by atoms with van der Waals surface area (Å²) < 4.78 is 0. The number of nitrogens with one attached hydrogen (secondary N) is 1. The summed E-state index contributed by atoms with van der Waals surface area (Å²) in [5.41, 5.74) is 0.191. The molecular weight excluding hydrogens is 248 g/mol. The Morgan fingerprint density at radius 3 is 2.15 bits per heavy atom. The number of carbonyl (C=O) groups is 1. The summed E-state index contributed by atoms with van der Waals surface area (Å²) in [7, 11) is 0. The minimum Gasteiger partial charge on any atom is -0.335 e. The van der Waals surface area contributed by atoms with Crippen LogP contribution < -0.4 is 5.32 Å². The standard InChI is InChI=1S/C17H32N2O/c1-16(2,3)15(20)19(14-8-11-18-12-14)13-6-9-17(4,5)10-7-13/h13-14,18H,6-12H2,1-5H3. The van der Waals surface area contributed by atoms with Crippen LogP contribution in [0.25, 0.3) is 0 Å². The third-order valence-corrected chi connectivity index (χ3v) is 5.01. The van der Waals surface area contributed by atoms with Crippen LogP contribution in [0.3, 0.4) is 0 Å². The Balaban J connectivity index is 2.13. The Bertz CT molecular complexity index is 340. The molecule has 3 nitrogen and oxygen atoms in total. The van der Waals surface area contributed by atoms with E-state index in [0.29, 0.717) is 23.4 Å². The fourth-order valence-corrected chi connectivity index (χ4v) is 3.56. The molecule has 0 radical (unpaired) electrons. The predicted molar refractivity (Wildman–Crippen MR) is 83.6 cm³/mol. The lowest BCUT2D eigenvalue weighted by molar-refractivity contribution is -0.145. The van der Waals surface area contributed by atoms with Crippen LogP contribution in [-0.4, -0.2) is 36.0 Å². The molecule has 1 saturated carbocycles. The molecule has 1 heterocycles. The molecule has 1 aliphatic heterocycles. The highest BCUT2D eigenvalue weighted by atomic mass is 16.2. The molecular formula is C17H32N2O. The molecule has 3 heteroatoms. The average Bonchev–Trinajstić information content (AvgIpc) is 2.84. The van der Waals surface area contributed by atoms with Crippen LogP contribution >= 0.6 is 0 Å². The van der Waals surface area contributed by atoms with E-state index in [-0.39, 0.29) is 5.41 Å². The van der Waals surface area contributed by atoms with Crippen LogP contribution in [0.5, 0.6) is 0 Å². The van der Waals surface area contributed by atoms with E-state index < -0.39 is 0 Å². The van der Waals surface area contributed by atoms with Crippen molar-refractivity contribution in [3.05, 3.63) is 0 Å². The second-order valence-electron chi connectivity index (χ2n) is 8.50. The van der Waals surface area contributed by atoms with Crippen LogP contribution in [0.2, 0.25) is 0 Å². The van der Waals surface area contributed by atoms with Crippen molar-refractivity contribution in [2.24, 2.45) is 10.8 Å². The summed E-state index contributed by atoms with van der Waals surface area (Å²) in [6.45, 7) is 12.9. The Morgan fingerprint density at radius 2 is 1.70 bits per heavy atom. The van der Waals surface area contributed by atoms with Gasteiger partial charge in [-0.25, -0.2) is 0 Å². The van der Waals surface area contributed by atoms with E-state index >= 15 is 0 Å². The third kappa shape index (κ3) is 3.55. The minimum atomic E-state index is -0.268. The fourth-order valence-electron chi connectivity index (χ4n) is 3.56. The van der Waals surface area contributed by atoms with Crippen LogP contribution in [0.4, 0.5) is 0 Å². The van der Waals surface area contributed by atoms with Gasteiger partial charge in [0.2, 0.25) is 5.91 Å². The summed E-state index contributed by atoms with van der Waals surface area (Å²) in [6, 6.07) is 0.868. The van der Waals surface area contributed by atoms with Crippen molar-refractivity contribution < 1.29 is 4.79 Å². The van der Waals surface area contributed by atoms with Gasteiger partial charge in [-0.2, -0.15) is 0 Å². The van der Waals surface area contributed by atoms with Crippen LogP contribution in [-0.2, 0) is 4.79 Å². The maximum Gasteiger partial charge on any atom is 0.228 e. The second kappa shape index (κ2) is 5.67. The number of rotatable bonds is 2. The summed E-state index contributed by atoms with van der Waals surface area (Å²) in [5, 5.41) is 3.42. The summed E-state index contributed by atoms with van der Waals surface area (Å²) >= 11 is 0. The Labute approximate surface area is 124 Å². The minimum absolute atomic E-state index is 0.268. The van der Waals surface area contributed by atoms with Gasteiger partial charge >= 0.3 is 0 Å². The van der Waals surface area contributed by atoms with E-state index in [1.54, 1.807) is 0 Å². The number of nitrogens with zero attached hydrogens (tertiary/aromatic N) is 1. The van der Waals surface area contributed by atoms with E-state index in [4.69, 9.17) is 0 Å². The van der Waals surface area contributed by atoms with Crippen molar-refractivity contribution in [3.63, 3.8) is 0 Å². The first-order chi connectivity index (χ1) is 9.21. The third-order valence-electron chi connectivity index (χ3n) is 5.01. The molecule has 2 fully saturated rings. The predicted octanol–water partition coefficient (Wildman–Crippen LogP) is 3.19. The van der Waals surface area contributed by atoms with Gasteiger partial charge in [0, 0.05) is 24.0 Å². The van der Waals surface area contributed by atoms with Crippen molar-refractivity contribution >= 4 is 5.91 Å². The van der Waals surface area contributed by atoms with E-state index in [1.807, 2.05) is 0 Å². The quantitative estimate of drug-likeness (QED) is 0.842. The molecule has 1 unspecified atom stereocenters. The van der Waals surface area contributed by atoms with Crippen molar-refractivity contribution in [1.29, 1.82) is 0 Å². The van der Waals surface area contributed by atoms with Crippen molar-refractivity contribution in [1.82, 2.24) is 10.2 Å². The van der Waals surface area contributed by atoms with Gasteiger partial charge in [-0.3, -0.25) is 4.79 Å². The summed E-state index contributed by atoms with van der Waals surface area (Å²) in [6.07, 6.45) is 5.94. The normalized spacial score (nSPS) is 27.6. The Kier molecular flexibility index (Phi) is 4.48. The lowest BCUT2D eigenvalue weighted by atomic mass is 9.74. The number of hydrogen-bond acceptors (Lipinski definition) is 2. The zero-order valence-electron chi connectivity index (χ0n) is 14.0. The molecule has 0 spiro atoms. The van der Waals surface area contributed by atoms with Gasteiger partial charge in [0.1, 0.15) is 0 Å². The van der Waals surface area contributed by atoms with Crippen LogP contribution in [0.1, 0.15) is 66.7 Å². The molecule has 2 aliphatic rings. The number of hydrogen-bond donors (Lipinski definition) is 1. The molecule has 20 heavy (non-hydrogen) atoms. The van der Waals surface area contributed by atoms with Crippen molar-refractivity contribution in [3.8, 4) is 0 Å². The highest BCUT2D eigenvalue weighted by Crippen LogP contribution is 2.39. The van der Waals surface area contributed by atoms with Crippen LogP contribution in [0.15, 0.2) is 0 Å². The Hall–Kier alpha value is -0.570. The Morgan fingerprint density at radius 1 is 1.10 bits per heavy atom. The maximum atomic E-state index is 12.9. The van der Waals surface area contributed by atoms with E-state index in [0.717, 1.165) is 19.5 Å². The maximum absolute atomic E-state index is 12.9. The lowest BCUT2D eigenvalue weighted by Crippen LogP contribution is -2.53. The van der Waals surface area contributed by atoms with Gasteiger partial charge in [-0.05, 0) is 44.1 Å². The first-order valence-electron chi connectivity index (χ1n) is 8.24. The molecule has 1 saturated heterocycles. The van der Waals surface area contributed by atoms with Gasteiger partial charge in [-0.15, -0.1) is 0 Å². The monoisotopic (exact) mass is 280 g/mol. The van der Waals surface area contributed by atoms with Gasteiger partial charge in [0.25, 0.3) is 0 Å². The molecule has 2 rings (SSSR count). The zero-order chi connectivity index (χ0) is 15.0. The largest absolute Gasteiger partial charge is 0.335 e. The average molecular weight is 280 g/mol. The molecule has 1 atom stereocenters. The fraction of sp³-hybridized carbons (Fsp3) is 0.941. The molecule has 1 amide bonds. The van der Waals surface area contributed by atoms with Gasteiger partial charge in [-0.1, -0.05) is 34.6 Å². The number of carbonyl (C=O) groups excluding carboxylic acids is 1. The zero-order valence-corrected chi connectivity index (χ0v) is 14.0. The first kappa shape index (κ1) is 15.8. The smallest absolute Gasteiger partial charge is 0.228 e. The summed E-state index contributed by atoms with van der Waals surface area (Å²) in [5.74, 6) is 0.343. The molecule has 0 aromatic heterocycles. The highest BCUT2D eigenvalue weighted by Gasteiger charge is 2.40. The number of amides is 1. The first-order valence-corrected chi connectivity index (χ1v) is 8.24. The topological polar surface area (TPSA) is 32.3 Å². The van der Waals surface area contributed by atoms with E-state index in [9.17, 15) is 4.79 Å². The van der Waals surface area contributed by atoms with Gasteiger partial charge in [0.05, 0.1) is 0 Å². The van der Waals surface area contributed by atoms with E-state index in [1.165, 1.54) is 25.7 Å². The SMILES string of the molecule is CC1(C)CCC(N(C(=O)C(C)(C)C)C2CCNC2)CC1. The molecule has 0 aromatic rings. The van der Waals surface area contributed by atoms with Crippen molar-refractivity contribution in [2.75, 3.05) is 13.1 Å². The molecule has 0 bridgehead atoms. The van der Waals surface area contributed by atoms with Crippen molar-refractivity contribution in [2.45, 2.75) is 78.8 Å². The highest BCUT2D eigenvalue weighted by molar-refractivity contribution is 5.82. The molecule has 116 valence electrons. The lowest BCUT2D eigenvalue weighted by Gasteiger charge is -2.44. The molecule has 1 aliphatic carbocycles. The molecule has 0 aromatic carbocycles. The van der Waals surface area contributed by atoms with Gasteiger partial charge in [0.15, 0.2) is 0 Å². The molecule has 1 N–H and O–H groups in total. The van der Waals surface area contributed by atoms with Crippen LogP contribution in [0, 0.1) is 10.8 Å². The summed E-state index contributed by atoms with van der Waals surface area (Å²) in [4.78, 5) is 15.2. The van der Waals surface area contributed by atoms with E-state index in [2.05, 4.69) is 44.8 Å². The van der Waals surface area contributed by atoms with Gasteiger partial charge < -0.3 is 10.2 Å². The second-order valence-corrected chi connectivity index (χ2v) is 8.50.